The summed E-state index contributed by atoms with van der Waals surface area (Å²) in [4.78, 5) is 19.3. The van der Waals surface area contributed by atoms with Crippen LogP contribution in [0.1, 0.15) is 38.3 Å². The average Bonchev–Trinajstić information content (AvgIpc) is 2.91. The van der Waals surface area contributed by atoms with Gasteiger partial charge in [-0.1, -0.05) is 6.08 Å². The number of benzene rings is 1. The number of amides is 1. The first-order valence-corrected chi connectivity index (χ1v) is 9.72. The molecule has 1 fully saturated rings. The summed E-state index contributed by atoms with van der Waals surface area (Å²) in [7, 11) is 0. The highest BCUT2D eigenvalue weighted by Gasteiger charge is 2.31. The first kappa shape index (κ1) is 20.1. The van der Waals surface area contributed by atoms with E-state index in [0.717, 1.165) is 22.7 Å². The van der Waals surface area contributed by atoms with Crippen molar-refractivity contribution in [3.63, 3.8) is 0 Å². The summed E-state index contributed by atoms with van der Waals surface area (Å²) in [6, 6.07) is 3.66. The number of likely N-dealkylation sites (N-methyl/N-ethyl adjacent to an activating group) is 1. The zero-order valence-electron chi connectivity index (χ0n) is 15.6. The molecular weight excluding hydrogens is 348 g/mol. The fourth-order valence-corrected chi connectivity index (χ4v) is 3.78. The van der Waals surface area contributed by atoms with Crippen LogP contribution < -0.4 is 4.74 Å². The molecule has 1 aliphatic rings. The van der Waals surface area contributed by atoms with Crippen molar-refractivity contribution in [2.24, 2.45) is 4.99 Å². The number of aryl methyl sites for hydroxylation is 1. The first-order valence-electron chi connectivity index (χ1n) is 8.91. The van der Waals surface area contributed by atoms with E-state index < -0.39 is 0 Å². The number of phenolic OH excluding ortho intramolecular Hbond substituents is 1. The standard InChI is InChI=1S/C20H26N2O3S/c1-5-9-10-15-11-14(12-16(18(15)23)25-8-4)13-17-19(24)22(7-3)20(26-17)21-6-2/h5,11-13,23H,1,6-10H2,2-4H3. The second kappa shape index (κ2) is 9.48. The Labute approximate surface area is 159 Å². The minimum atomic E-state index is -0.0385. The Morgan fingerprint density at radius 3 is 2.73 bits per heavy atom. The predicted octanol–water partition coefficient (Wildman–Crippen LogP) is 4.22. The van der Waals surface area contributed by atoms with Crippen LogP contribution in [-0.4, -0.2) is 40.8 Å². The number of nitrogens with zero attached hydrogens (tertiary/aromatic N) is 2. The monoisotopic (exact) mass is 374 g/mol. The Hall–Kier alpha value is -2.21. The van der Waals surface area contributed by atoms with Gasteiger partial charge in [0.1, 0.15) is 0 Å². The Morgan fingerprint density at radius 2 is 2.12 bits per heavy atom. The van der Waals surface area contributed by atoms with E-state index in [2.05, 4.69) is 11.6 Å². The van der Waals surface area contributed by atoms with E-state index in [-0.39, 0.29) is 11.7 Å². The molecule has 1 amide bonds. The molecule has 0 spiro atoms. The summed E-state index contributed by atoms with van der Waals surface area (Å²) in [5.41, 5.74) is 1.61. The lowest BCUT2D eigenvalue weighted by Crippen LogP contribution is -2.28. The summed E-state index contributed by atoms with van der Waals surface area (Å²) in [5.74, 6) is 0.555. The molecule has 1 aromatic carbocycles. The molecule has 5 nitrogen and oxygen atoms in total. The molecule has 26 heavy (non-hydrogen) atoms. The number of carbonyl (C=O) groups is 1. The molecule has 1 saturated heterocycles. The van der Waals surface area contributed by atoms with Gasteiger partial charge < -0.3 is 9.84 Å². The molecule has 0 aromatic heterocycles. The van der Waals surface area contributed by atoms with Crippen LogP contribution in [0, 0.1) is 0 Å². The van der Waals surface area contributed by atoms with E-state index in [4.69, 9.17) is 4.74 Å². The van der Waals surface area contributed by atoms with E-state index in [9.17, 15) is 9.90 Å². The number of thioether (sulfide) groups is 1. The second-order valence-electron chi connectivity index (χ2n) is 5.70. The normalized spacial score (nSPS) is 17.3. The molecule has 0 radical (unpaired) electrons. The van der Waals surface area contributed by atoms with Crippen LogP contribution in [-0.2, 0) is 11.2 Å². The zero-order chi connectivity index (χ0) is 19.1. The third kappa shape index (κ3) is 4.49. The zero-order valence-corrected chi connectivity index (χ0v) is 16.4. The average molecular weight is 375 g/mol. The third-order valence-electron chi connectivity index (χ3n) is 3.89. The van der Waals surface area contributed by atoms with E-state index in [1.165, 1.54) is 11.8 Å². The SMILES string of the molecule is C=CCCc1cc(C=C2SC(=NCC)N(CC)C2=O)cc(OCC)c1O. The van der Waals surface area contributed by atoms with Crippen LogP contribution in [0.15, 0.2) is 34.7 Å². The van der Waals surface area contributed by atoms with Crippen molar-refractivity contribution in [3.05, 3.63) is 40.8 Å². The van der Waals surface area contributed by atoms with Crippen LogP contribution in [0.4, 0.5) is 0 Å². The van der Waals surface area contributed by atoms with Crippen molar-refractivity contribution in [1.29, 1.82) is 0 Å². The number of rotatable bonds is 8. The minimum Gasteiger partial charge on any atom is -0.504 e. The Morgan fingerprint density at radius 1 is 1.35 bits per heavy atom. The van der Waals surface area contributed by atoms with Gasteiger partial charge in [0.15, 0.2) is 16.7 Å². The molecule has 1 N–H and O–H groups in total. The molecular formula is C20H26N2O3S. The van der Waals surface area contributed by atoms with Gasteiger partial charge >= 0.3 is 0 Å². The number of amidine groups is 1. The van der Waals surface area contributed by atoms with Crippen LogP contribution in [0.2, 0.25) is 0 Å². The van der Waals surface area contributed by atoms with Gasteiger partial charge in [0.2, 0.25) is 0 Å². The smallest absolute Gasteiger partial charge is 0.266 e. The van der Waals surface area contributed by atoms with Gasteiger partial charge in [-0.05, 0) is 74.7 Å². The predicted molar refractivity (Wildman–Crippen MR) is 109 cm³/mol. The lowest BCUT2D eigenvalue weighted by Gasteiger charge is -2.12. The number of aromatic hydroxyl groups is 1. The van der Waals surface area contributed by atoms with Gasteiger partial charge in [0.05, 0.1) is 11.5 Å². The van der Waals surface area contributed by atoms with Crippen molar-refractivity contribution in [3.8, 4) is 11.5 Å². The molecule has 6 heteroatoms. The van der Waals surface area contributed by atoms with E-state index in [1.807, 2.05) is 39.0 Å². The molecule has 1 heterocycles. The maximum atomic E-state index is 12.6. The summed E-state index contributed by atoms with van der Waals surface area (Å²) in [6.07, 6.45) is 5.07. The number of phenols is 1. The quantitative estimate of drug-likeness (QED) is 0.547. The molecule has 1 aliphatic heterocycles. The topological polar surface area (TPSA) is 62.1 Å². The lowest BCUT2D eigenvalue weighted by molar-refractivity contribution is -0.122. The second-order valence-corrected chi connectivity index (χ2v) is 6.71. The van der Waals surface area contributed by atoms with Gasteiger partial charge in [-0.3, -0.25) is 14.7 Å². The number of carbonyl (C=O) groups excluding carboxylic acids is 1. The van der Waals surface area contributed by atoms with Gasteiger partial charge in [-0.25, -0.2) is 0 Å². The third-order valence-corrected chi connectivity index (χ3v) is 4.93. The van der Waals surface area contributed by atoms with Crippen LogP contribution in [0.25, 0.3) is 6.08 Å². The molecule has 2 rings (SSSR count). The van der Waals surface area contributed by atoms with Crippen molar-refractivity contribution < 1.29 is 14.6 Å². The van der Waals surface area contributed by atoms with E-state index in [0.29, 0.717) is 36.8 Å². The Kier molecular flexibility index (Phi) is 7.33. The molecule has 0 aliphatic carbocycles. The van der Waals surface area contributed by atoms with Crippen molar-refractivity contribution in [2.75, 3.05) is 19.7 Å². The lowest BCUT2D eigenvalue weighted by atomic mass is 10.0. The van der Waals surface area contributed by atoms with Gasteiger partial charge in [-0.15, -0.1) is 6.58 Å². The Balaban J connectivity index is 2.42. The molecule has 140 valence electrons. The molecule has 0 atom stereocenters. The largest absolute Gasteiger partial charge is 0.504 e. The van der Waals surface area contributed by atoms with E-state index in [1.54, 1.807) is 11.0 Å². The highest BCUT2D eigenvalue weighted by Crippen LogP contribution is 2.36. The summed E-state index contributed by atoms with van der Waals surface area (Å²) < 4.78 is 5.56. The Bertz CT molecular complexity index is 741. The maximum absolute atomic E-state index is 12.6. The maximum Gasteiger partial charge on any atom is 0.266 e. The molecule has 0 unspecified atom stereocenters. The summed E-state index contributed by atoms with van der Waals surface area (Å²) in [5, 5.41) is 11.1. The van der Waals surface area contributed by atoms with E-state index >= 15 is 0 Å². The summed E-state index contributed by atoms with van der Waals surface area (Å²) >= 11 is 1.39. The van der Waals surface area contributed by atoms with Crippen molar-refractivity contribution in [2.45, 2.75) is 33.6 Å². The fraction of sp³-hybridized carbons (Fsp3) is 0.400. The number of allylic oxidation sites excluding steroid dienone is 1. The van der Waals surface area contributed by atoms with Crippen LogP contribution in [0.3, 0.4) is 0 Å². The highest BCUT2D eigenvalue weighted by atomic mass is 32.2. The van der Waals surface area contributed by atoms with Gasteiger partial charge in [0.25, 0.3) is 5.91 Å². The number of hydrogen-bond acceptors (Lipinski definition) is 5. The van der Waals surface area contributed by atoms with Crippen molar-refractivity contribution in [1.82, 2.24) is 4.90 Å². The fourth-order valence-electron chi connectivity index (χ4n) is 2.68. The van der Waals surface area contributed by atoms with Gasteiger partial charge in [-0.2, -0.15) is 0 Å². The molecule has 0 bridgehead atoms. The number of aliphatic imine (C=N–C) groups is 1. The number of hydrogen-bond donors (Lipinski definition) is 1. The van der Waals surface area contributed by atoms with Crippen LogP contribution in [0.5, 0.6) is 11.5 Å². The van der Waals surface area contributed by atoms with Crippen LogP contribution >= 0.6 is 11.8 Å². The highest BCUT2D eigenvalue weighted by molar-refractivity contribution is 8.18. The van der Waals surface area contributed by atoms with Gasteiger partial charge in [0, 0.05) is 13.1 Å². The molecule has 1 aromatic rings. The first-order chi connectivity index (χ1) is 12.5. The van der Waals surface area contributed by atoms with Crippen molar-refractivity contribution >= 4 is 28.9 Å². The number of ether oxygens (including phenoxy) is 1. The minimum absolute atomic E-state index is 0.0385. The summed E-state index contributed by atoms with van der Waals surface area (Å²) in [6.45, 7) is 11.2. The molecule has 0 saturated carbocycles.